The zero-order chi connectivity index (χ0) is 12.3. The van der Waals surface area contributed by atoms with Gasteiger partial charge in [-0.05, 0) is 12.3 Å². The number of halogens is 3. The Hall–Kier alpha value is -1.32. The molecule has 0 heterocycles. The molecule has 0 rings (SSSR count). The first-order chi connectivity index (χ1) is 6.56. The summed E-state index contributed by atoms with van der Waals surface area (Å²) < 4.78 is 57.3. The summed E-state index contributed by atoms with van der Waals surface area (Å²) in [6, 6.07) is 0. The summed E-state index contributed by atoms with van der Waals surface area (Å²) in [4.78, 5) is 9.90. The van der Waals surface area contributed by atoms with Crippen LogP contribution in [0.5, 0.6) is 0 Å². The number of hydrogen-bond acceptors (Lipinski definition) is 4. The van der Waals surface area contributed by atoms with E-state index in [0.29, 0.717) is 0 Å². The number of carbonyl (C=O) groups is 1. The van der Waals surface area contributed by atoms with Crippen molar-refractivity contribution >= 4 is 21.9 Å². The first-order valence-corrected chi connectivity index (χ1v) is 4.79. The van der Waals surface area contributed by atoms with Gasteiger partial charge in [-0.3, -0.25) is 4.79 Å². The summed E-state index contributed by atoms with van der Waals surface area (Å²) in [5.74, 6) is -3.09. The van der Waals surface area contributed by atoms with Gasteiger partial charge in [-0.15, -0.1) is 0 Å². The molecule has 0 aliphatic heterocycles. The molecule has 0 aliphatic carbocycles. The Morgan fingerprint density at radius 1 is 1.33 bits per heavy atom. The van der Waals surface area contributed by atoms with Crippen LogP contribution in [0.4, 0.5) is 13.2 Å². The zero-order valence-electron chi connectivity index (χ0n) is 6.98. The van der Waals surface area contributed by atoms with E-state index in [4.69, 9.17) is 5.11 Å². The maximum atomic E-state index is 11.6. The maximum absolute atomic E-state index is 11.6. The van der Waals surface area contributed by atoms with Crippen LogP contribution in [0, 0.1) is 0 Å². The second-order valence-electron chi connectivity index (χ2n) is 2.30. The number of aliphatic carboxylic acids is 1. The first-order valence-electron chi connectivity index (χ1n) is 3.35. The van der Waals surface area contributed by atoms with Crippen LogP contribution < -0.4 is 5.11 Å². The molecule has 0 aromatic rings. The van der Waals surface area contributed by atoms with Gasteiger partial charge in [-0.1, -0.05) is 0 Å². The Morgan fingerprint density at radius 3 is 2.13 bits per heavy atom. The van der Waals surface area contributed by atoms with Gasteiger partial charge in [-0.25, -0.2) is 0 Å². The van der Waals surface area contributed by atoms with E-state index in [0.717, 1.165) is 0 Å². The molecule has 0 saturated carbocycles. The highest BCUT2D eigenvalue weighted by Gasteiger charge is 2.45. The molecular formula is C5H5F3NO5S-. The molecule has 0 unspecified atom stereocenters. The fourth-order valence-electron chi connectivity index (χ4n) is 0.445. The molecule has 0 amide bonds. The number of nitrogens with zero attached hydrogens (tertiary/aromatic N) is 1. The maximum Gasteiger partial charge on any atom is 0.518 e. The average Bonchev–Trinajstić information content (AvgIpc) is 1.97. The summed E-state index contributed by atoms with van der Waals surface area (Å²) in [6.45, 7) is 0. The number of hydrogen-bond donors (Lipinski definition) is 1. The van der Waals surface area contributed by atoms with Gasteiger partial charge in [0.25, 0.3) is 0 Å². The van der Waals surface area contributed by atoms with E-state index < -0.39 is 40.2 Å². The summed E-state index contributed by atoms with van der Waals surface area (Å²) in [5.41, 5.74) is -5.65. The smallest absolute Gasteiger partial charge is 0.518 e. The van der Waals surface area contributed by atoms with Crippen molar-refractivity contribution < 1.29 is 36.6 Å². The van der Waals surface area contributed by atoms with Crippen molar-refractivity contribution in [2.45, 2.75) is 18.3 Å². The fraction of sp³-hybridized carbons (Fsp3) is 0.600. The minimum Gasteiger partial charge on any atom is -0.861 e. The second kappa shape index (κ2) is 4.47. The third kappa shape index (κ3) is 4.63. The molecule has 0 aromatic carbocycles. The van der Waals surface area contributed by atoms with Crippen molar-refractivity contribution in [1.82, 2.24) is 0 Å². The molecule has 1 N–H and O–H groups in total. The molecular weight excluding hydrogens is 243 g/mol. The number of alkyl halides is 3. The standard InChI is InChI=1S/C5H6F3NO5S/c6-5(7,8)15(13,14)9-3(10)1-2-4(11)12/h1-2H2,(H,9,10)(H,11,12)/p-1. The van der Waals surface area contributed by atoms with Gasteiger partial charge in [-0.2, -0.15) is 26.0 Å². The van der Waals surface area contributed by atoms with Crippen LogP contribution in [0.2, 0.25) is 0 Å². The predicted molar refractivity (Wildman–Crippen MR) is 39.3 cm³/mol. The van der Waals surface area contributed by atoms with Crippen LogP contribution in [-0.2, 0) is 14.8 Å². The lowest BCUT2D eigenvalue weighted by molar-refractivity contribution is -0.218. The van der Waals surface area contributed by atoms with E-state index in [1.165, 1.54) is 0 Å². The van der Waals surface area contributed by atoms with Crippen LogP contribution in [-0.4, -0.2) is 30.9 Å². The molecule has 15 heavy (non-hydrogen) atoms. The van der Waals surface area contributed by atoms with Gasteiger partial charge < -0.3 is 10.2 Å². The monoisotopic (exact) mass is 248 g/mol. The number of rotatable bonds is 4. The van der Waals surface area contributed by atoms with Crippen molar-refractivity contribution in [3.63, 3.8) is 0 Å². The largest absolute Gasteiger partial charge is 0.861 e. The third-order valence-electron chi connectivity index (χ3n) is 1.07. The SMILES string of the molecule is O=C(O)CC/C([O-])=N/S(=O)(=O)C(F)(F)F. The van der Waals surface area contributed by atoms with Gasteiger partial charge in [0, 0.05) is 6.42 Å². The molecule has 0 aliphatic rings. The molecule has 0 atom stereocenters. The lowest BCUT2D eigenvalue weighted by Gasteiger charge is -2.09. The quantitative estimate of drug-likeness (QED) is 0.531. The van der Waals surface area contributed by atoms with Crippen LogP contribution in [0.3, 0.4) is 0 Å². The van der Waals surface area contributed by atoms with Crippen LogP contribution in [0.15, 0.2) is 4.40 Å². The minimum atomic E-state index is -5.86. The Bertz CT molecular complexity index is 371. The van der Waals surface area contributed by atoms with E-state index in [9.17, 15) is 31.5 Å². The number of carboxylic acid groups (broad SMARTS) is 1. The van der Waals surface area contributed by atoms with Crippen molar-refractivity contribution in [3.05, 3.63) is 0 Å². The topological polar surface area (TPSA) is 107 Å². The summed E-state index contributed by atoms with van der Waals surface area (Å²) in [5, 5.41) is 18.6. The van der Waals surface area contributed by atoms with E-state index in [2.05, 4.69) is 0 Å². The Labute approximate surface area is 82.1 Å². The lowest BCUT2D eigenvalue weighted by Crippen LogP contribution is -2.27. The van der Waals surface area contributed by atoms with Crippen LogP contribution in [0.1, 0.15) is 12.8 Å². The van der Waals surface area contributed by atoms with Gasteiger partial charge >= 0.3 is 21.5 Å². The fourth-order valence-corrected chi connectivity index (χ4v) is 0.908. The van der Waals surface area contributed by atoms with Gasteiger partial charge in [0.2, 0.25) is 0 Å². The van der Waals surface area contributed by atoms with Crippen LogP contribution in [0.25, 0.3) is 0 Å². The Morgan fingerprint density at radius 2 is 1.80 bits per heavy atom. The van der Waals surface area contributed by atoms with Gasteiger partial charge in [0.1, 0.15) is 0 Å². The Balaban J connectivity index is 4.69. The summed E-state index contributed by atoms with van der Waals surface area (Å²) in [6.07, 6.45) is -1.68. The second-order valence-corrected chi connectivity index (χ2v) is 3.90. The minimum absolute atomic E-state index is 0.782. The molecule has 6 nitrogen and oxygen atoms in total. The Kier molecular flexibility index (Phi) is 4.07. The normalized spacial score (nSPS) is 13.9. The average molecular weight is 248 g/mol. The number of sulfonamides is 1. The molecule has 88 valence electrons. The predicted octanol–water partition coefficient (Wildman–Crippen LogP) is -0.540. The van der Waals surface area contributed by atoms with Gasteiger partial charge in [0.15, 0.2) is 0 Å². The molecule has 0 bridgehead atoms. The summed E-state index contributed by atoms with van der Waals surface area (Å²) >= 11 is 0. The van der Waals surface area contributed by atoms with Crippen molar-refractivity contribution in [1.29, 1.82) is 0 Å². The van der Waals surface area contributed by atoms with E-state index in [1.54, 1.807) is 0 Å². The van der Waals surface area contributed by atoms with Crippen molar-refractivity contribution in [2.75, 3.05) is 0 Å². The molecule has 0 saturated heterocycles. The highest BCUT2D eigenvalue weighted by atomic mass is 32.2. The van der Waals surface area contributed by atoms with Crippen LogP contribution >= 0.6 is 0 Å². The summed E-state index contributed by atoms with van der Waals surface area (Å²) in [7, 11) is -5.86. The molecule has 0 spiro atoms. The van der Waals surface area contributed by atoms with E-state index in [1.807, 2.05) is 4.40 Å². The molecule has 10 heteroatoms. The molecule has 0 radical (unpaired) electrons. The number of carboxylic acids is 1. The van der Waals surface area contributed by atoms with Gasteiger partial charge in [0.05, 0.1) is 0 Å². The highest BCUT2D eigenvalue weighted by Crippen LogP contribution is 2.24. The third-order valence-corrected chi connectivity index (χ3v) is 2.10. The highest BCUT2D eigenvalue weighted by molar-refractivity contribution is 7.91. The van der Waals surface area contributed by atoms with Crippen molar-refractivity contribution in [2.24, 2.45) is 4.40 Å². The lowest BCUT2D eigenvalue weighted by atomic mass is 10.3. The van der Waals surface area contributed by atoms with E-state index >= 15 is 0 Å². The zero-order valence-corrected chi connectivity index (χ0v) is 7.80. The van der Waals surface area contributed by atoms with E-state index in [-0.39, 0.29) is 0 Å². The first kappa shape index (κ1) is 13.7. The van der Waals surface area contributed by atoms with Crippen molar-refractivity contribution in [3.8, 4) is 0 Å². The molecule has 0 fully saturated rings. The molecule has 0 aromatic heterocycles.